The smallest absolute Gasteiger partial charge is 0.220 e. The first kappa shape index (κ1) is 6.73. The van der Waals surface area contributed by atoms with Gasteiger partial charge in [-0.2, -0.15) is 0 Å². The third-order valence-electron chi connectivity index (χ3n) is 1.18. The average molecular weight is 141 g/mol. The minimum absolute atomic E-state index is 0.316. The predicted octanol–water partition coefficient (Wildman–Crippen LogP) is -0.389. The molecule has 0 amide bonds. The van der Waals surface area contributed by atoms with Crippen molar-refractivity contribution < 1.29 is 0 Å². The van der Waals surface area contributed by atoms with E-state index in [9.17, 15) is 0 Å². The lowest BCUT2D eigenvalue weighted by atomic mass is 10.6. The van der Waals surface area contributed by atoms with Crippen molar-refractivity contribution in [1.82, 2.24) is 9.66 Å². The number of imidazole rings is 1. The van der Waals surface area contributed by atoms with E-state index in [1.165, 1.54) is 4.68 Å². The largest absolute Gasteiger partial charge is 0.369 e. The molecule has 5 nitrogen and oxygen atoms in total. The molecule has 0 atom stereocenters. The van der Waals surface area contributed by atoms with E-state index in [1.54, 1.807) is 6.20 Å². The summed E-state index contributed by atoms with van der Waals surface area (Å²) in [6, 6.07) is 0. The Morgan fingerprint density at radius 1 is 1.80 bits per heavy atom. The molecule has 1 heterocycles. The van der Waals surface area contributed by atoms with Crippen molar-refractivity contribution in [2.24, 2.45) is 0 Å². The summed E-state index contributed by atoms with van der Waals surface area (Å²) < 4.78 is 1.31. The van der Waals surface area contributed by atoms with Crippen LogP contribution in [0.5, 0.6) is 0 Å². The monoisotopic (exact) mass is 141 g/mol. The maximum absolute atomic E-state index is 5.46. The van der Waals surface area contributed by atoms with E-state index in [2.05, 4.69) is 10.3 Å². The first-order valence-corrected chi connectivity index (χ1v) is 3.08. The van der Waals surface area contributed by atoms with Crippen molar-refractivity contribution in [2.75, 3.05) is 23.4 Å². The third kappa shape index (κ3) is 0.975. The highest BCUT2D eigenvalue weighted by molar-refractivity contribution is 5.41. The summed E-state index contributed by atoms with van der Waals surface area (Å²) in [4.78, 5) is 3.79. The minimum atomic E-state index is 0.316. The molecule has 1 rings (SSSR count). The van der Waals surface area contributed by atoms with Crippen LogP contribution in [0.2, 0.25) is 0 Å². The molecule has 5 heteroatoms. The Morgan fingerprint density at radius 3 is 2.90 bits per heavy atom. The number of nitrogen functional groups attached to an aromatic ring is 2. The highest BCUT2D eigenvalue weighted by atomic mass is 15.4. The number of nitrogens with zero attached hydrogens (tertiary/aromatic N) is 2. The summed E-state index contributed by atoms with van der Waals surface area (Å²) >= 11 is 0. The Kier molecular flexibility index (Phi) is 1.66. The first-order chi connectivity index (χ1) is 4.75. The van der Waals surface area contributed by atoms with Crippen molar-refractivity contribution in [3.63, 3.8) is 0 Å². The van der Waals surface area contributed by atoms with Crippen LogP contribution in [0, 0.1) is 0 Å². The van der Waals surface area contributed by atoms with Crippen molar-refractivity contribution >= 4 is 11.8 Å². The summed E-state index contributed by atoms with van der Waals surface area (Å²) in [6.07, 6.45) is 1.60. The topological polar surface area (TPSA) is 81.9 Å². The van der Waals surface area contributed by atoms with Crippen LogP contribution in [0.4, 0.5) is 11.8 Å². The fourth-order valence-electron chi connectivity index (χ4n) is 0.687. The first-order valence-electron chi connectivity index (χ1n) is 3.08. The van der Waals surface area contributed by atoms with Gasteiger partial charge >= 0.3 is 0 Å². The van der Waals surface area contributed by atoms with Gasteiger partial charge in [-0.1, -0.05) is 0 Å². The predicted molar refractivity (Wildman–Crippen MR) is 41.0 cm³/mol. The Morgan fingerprint density at radius 2 is 2.50 bits per heavy atom. The van der Waals surface area contributed by atoms with Crippen LogP contribution in [-0.4, -0.2) is 16.2 Å². The van der Waals surface area contributed by atoms with Gasteiger partial charge < -0.3 is 16.9 Å². The van der Waals surface area contributed by atoms with E-state index >= 15 is 0 Å². The van der Waals surface area contributed by atoms with Gasteiger partial charge in [0, 0.05) is 6.54 Å². The Hall–Kier alpha value is -1.39. The molecule has 0 aliphatic heterocycles. The molecular formula is C5H11N5. The lowest BCUT2D eigenvalue weighted by molar-refractivity contribution is 1.00. The molecule has 0 saturated carbocycles. The molecule has 0 saturated heterocycles. The van der Waals surface area contributed by atoms with Gasteiger partial charge in [0.25, 0.3) is 0 Å². The fourth-order valence-corrected chi connectivity index (χ4v) is 0.687. The number of aromatic nitrogens is 2. The second-order valence-corrected chi connectivity index (χ2v) is 1.90. The normalized spacial score (nSPS) is 9.70. The van der Waals surface area contributed by atoms with Gasteiger partial charge in [-0.05, 0) is 6.92 Å². The number of hydrogen-bond acceptors (Lipinski definition) is 4. The molecule has 1 aromatic heterocycles. The quantitative estimate of drug-likeness (QED) is 0.490. The van der Waals surface area contributed by atoms with Gasteiger partial charge in [-0.25, -0.2) is 9.66 Å². The van der Waals surface area contributed by atoms with E-state index in [-0.39, 0.29) is 0 Å². The van der Waals surface area contributed by atoms with Crippen LogP contribution in [0.25, 0.3) is 0 Å². The van der Waals surface area contributed by atoms with Crippen LogP contribution in [0.15, 0.2) is 6.20 Å². The average Bonchev–Trinajstić information content (AvgIpc) is 2.20. The number of rotatable bonds is 2. The summed E-state index contributed by atoms with van der Waals surface area (Å²) in [5.74, 6) is 6.51. The highest BCUT2D eigenvalue weighted by Gasteiger charge is 1.99. The molecule has 0 spiro atoms. The zero-order valence-electron chi connectivity index (χ0n) is 5.83. The molecule has 0 radical (unpaired) electrons. The second-order valence-electron chi connectivity index (χ2n) is 1.90. The molecule has 0 bridgehead atoms. The van der Waals surface area contributed by atoms with E-state index < -0.39 is 0 Å². The van der Waals surface area contributed by atoms with Gasteiger partial charge in [-0.3, -0.25) is 0 Å². The Labute approximate surface area is 59.0 Å². The molecule has 0 unspecified atom stereocenters. The molecule has 0 aliphatic rings. The van der Waals surface area contributed by atoms with Crippen LogP contribution in [-0.2, 0) is 0 Å². The van der Waals surface area contributed by atoms with Crippen molar-refractivity contribution in [1.29, 1.82) is 0 Å². The molecule has 1 aromatic rings. The summed E-state index contributed by atoms with van der Waals surface area (Å²) in [5, 5.41) is 2.99. The highest BCUT2D eigenvalue weighted by Crippen LogP contribution is 2.06. The minimum Gasteiger partial charge on any atom is -0.369 e. The number of hydrogen-bond donors (Lipinski definition) is 3. The third-order valence-corrected chi connectivity index (χ3v) is 1.18. The van der Waals surface area contributed by atoms with Gasteiger partial charge in [0.2, 0.25) is 5.95 Å². The Balaban J connectivity index is 2.83. The van der Waals surface area contributed by atoms with Gasteiger partial charge in [0.05, 0.1) is 6.20 Å². The van der Waals surface area contributed by atoms with Crippen LogP contribution >= 0.6 is 0 Å². The fraction of sp³-hybridized carbons (Fsp3) is 0.400. The lowest BCUT2D eigenvalue weighted by Gasteiger charge is -2.02. The number of anilines is 2. The van der Waals surface area contributed by atoms with E-state index in [4.69, 9.17) is 11.6 Å². The summed E-state index contributed by atoms with van der Waals surface area (Å²) in [6.45, 7) is 2.78. The maximum Gasteiger partial charge on any atom is 0.220 e. The van der Waals surface area contributed by atoms with E-state index in [0.29, 0.717) is 5.95 Å². The Bertz CT molecular complexity index is 216. The molecule has 0 aromatic carbocycles. The lowest BCUT2D eigenvalue weighted by Crippen LogP contribution is -2.15. The molecule has 10 heavy (non-hydrogen) atoms. The van der Waals surface area contributed by atoms with Crippen molar-refractivity contribution in [3.05, 3.63) is 6.20 Å². The molecular weight excluding hydrogens is 130 g/mol. The van der Waals surface area contributed by atoms with E-state index in [0.717, 1.165) is 12.4 Å². The van der Waals surface area contributed by atoms with Crippen molar-refractivity contribution in [2.45, 2.75) is 6.92 Å². The van der Waals surface area contributed by atoms with Crippen molar-refractivity contribution in [3.8, 4) is 0 Å². The van der Waals surface area contributed by atoms with Crippen LogP contribution in [0.3, 0.4) is 0 Å². The van der Waals surface area contributed by atoms with Crippen LogP contribution < -0.4 is 16.9 Å². The second kappa shape index (κ2) is 2.47. The summed E-state index contributed by atoms with van der Waals surface area (Å²) in [7, 11) is 0. The zero-order valence-corrected chi connectivity index (χ0v) is 5.83. The molecule has 0 aliphatic carbocycles. The SMILES string of the molecule is CCNc1cnc(N)n1N. The number of nitrogens with one attached hydrogen (secondary N) is 1. The van der Waals surface area contributed by atoms with Gasteiger partial charge in [-0.15, -0.1) is 0 Å². The molecule has 5 N–H and O–H groups in total. The van der Waals surface area contributed by atoms with Gasteiger partial charge in [0.1, 0.15) is 5.82 Å². The standard InChI is InChI=1S/C5H11N5/c1-2-8-4-3-9-5(6)10(4)7/h3,8H,2,7H2,1H3,(H2,6,9). The van der Waals surface area contributed by atoms with Gasteiger partial charge in [0.15, 0.2) is 0 Å². The molecule has 0 fully saturated rings. The molecule has 56 valence electrons. The number of nitrogens with two attached hydrogens (primary N) is 2. The maximum atomic E-state index is 5.46. The van der Waals surface area contributed by atoms with E-state index in [1.807, 2.05) is 6.92 Å². The zero-order chi connectivity index (χ0) is 7.56. The summed E-state index contributed by atoms with van der Waals surface area (Å²) in [5.41, 5.74) is 5.36. The van der Waals surface area contributed by atoms with Crippen LogP contribution in [0.1, 0.15) is 6.92 Å².